The summed E-state index contributed by atoms with van der Waals surface area (Å²) in [6.45, 7) is 2.47. The van der Waals surface area contributed by atoms with Crippen molar-refractivity contribution in [3.8, 4) is 0 Å². The summed E-state index contributed by atoms with van der Waals surface area (Å²) in [7, 11) is 0. The molecule has 1 unspecified atom stereocenters. The van der Waals surface area contributed by atoms with Gasteiger partial charge in [-0.05, 0) is 37.5 Å². The molecule has 2 N–H and O–H groups in total. The van der Waals surface area contributed by atoms with E-state index in [0.29, 0.717) is 23.5 Å². The monoisotopic (exact) mass is 427 g/mol. The fourth-order valence-corrected chi connectivity index (χ4v) is 3.89. The summed E-state index contributed by atoms with van der Waals surface area (Å²) in [6, 6.07) is 6.00. The zero-order chi connectivity index (χ0) is 21.8. The van der Waals surface area contributed by atoms with Crippen LogP contribution < -0.4 is 10.6 Å². The standard InChI is InChI=1S/C22H26FN5O3/c1-2-28-13-18(20(26-28)22(30)24-16-6-4-3-5-7-16)25-21(29)19-12-17(27-31-19)14-8-10-15(23)11-9-14/h8-11,13,16,19H,2-7,12H2,1H3,(H,24,30)(H,25,29). The fourth-order valence-electron chi connectivity index (χ4n) is 3.89. The topological polar surface area (TPSA) is 97.6 Å². The summed E-state index contributed by atoms with van der Waals surface area (Å²) < 4.78 is 14.7. The van der Waals surface area contributed by atoms with Crippen LogP contribution >= 0.6 is 0 Å². The Morgan fingerprint density at radius 2 is 1.94 bits per heavy atom. The Balaban J connectivity index is 1.41. The Hall–Kier alpha value is -3.23. The Bertz CT molecular complexity index is 980. The first-order valence-electron chi connectivity index (χ1n) is 10.7. The third-order valence-corrected chi connectivity index (χ3v) is 5.64. The lowest BCUT2D eigenvalue weighted by molar-refractivity contribution is -0.125. The van der Waals surface area contributed by atoms with E-state index in [2.05, 4.69) is 20.9 Å². The van der Waals surface area contributed by atoms with E-state index in [1.807, 2.05) is 6.92 Å². The fraction of sp³-hybridized carbons (Fsp3) is 0.455. The van der Waals surface area contributed by atoms with E-state index >= 15 is 0 Å². The zero-order valence-corrected chi connectivity index (χ0v) is 17.4. The van der Waals surface area contributed by atoms with Crippen LogP contribution in [0.1, 0.15) is 61.5 Å². The summed E-state index contributed by atoms with van der Waals surface area (Å²) >= 11 is 0. The molecule has 1 aromatic carbocycles. The first-order valence-corrected chi connectivity index (χ1v) is 10.7. The van der Waals surface area contributed by atoms with Crippen molar-refractivity contribution >= 4 is 23.2 Å². The molecule has 2 amide bonds. The molecular formula is C22H26FN5O3. The number of nitrogens with one attached hydrogen (secondary N) is 2. The molecule has 2 aromatic rings. The maximum absolute atomic E-state index is 13.1. The highest BCUT2D eigenvalue weighted by Crippen LogP contribution is 2.22. The van der Waals surface area contributed by atoms with Crippen LogP contribution in [-0.4, -0.2) is 39.5 Å². The van der Waals surface area contributed by atoms with Gasteiger partial charge in [-0.15, -0.1) is 0 Å². The van der Waals surface area contributed by atoms with Crippen molar-refractivity contribution < 1.29 is 18.8 Å². The van der Waals surface area contributed by atoms with Crippen LogP contribution in [0, 0.1) is 5.82 Å². The minimum atomic E-state index is -0.834. The Labute approximate surface area is 179 Å². The van der Waals surface area contributed by atoms with Crippen LogP contribution in [0.5, 0.6) is 0 Å². The average Bonchev–Trinajstić information content (AvgIpc) is 3.42. The molecule has 0 spiro atoms. The molecule has 1 fully saturated rings. The molecule has 1 aromatic heterocycles. The van der Waals surface area contributed by atoms with Crippen molar-refractivity contribution in [3.05, 3.63) is 47.5 Å². The average molecular weight is 427 g/mol. The van der Waals surface area contributed by atoms with Crippen LogP contribution in [0.4, 0.5) is 10.1 Å². The van der Waals surface area contributed by atoms with E-state index in [1.165, 1.54) is 18.6 Å². The first-order chi connectivity index (χ1) is 15.0. The van der Waals surface area contributed by atoms with Gasteiger partial charge in [-0.25, -0.2) is 4.39 Å². The summed E-state index contributed by atoms with van der Waals surface area (Å²) in [5.74, 6) is -1.04. The van der Waals surface area contributed by atoms with Gasteiger partial charge in [0.15, 0.2) is 5.69 Å². The van der Waals surface area contributed by atoms with E-state index in [1.54, 1.807) is 23.0 Å². The lowest BCUT2D eigenvalue weighted by atomic mass is 9.95. The maximum atomic E-state index is 13.1. The molecule has 0 radical (unpaired) electrons. The SMILES string of the molecule is CCn1cc(NC(=O)C2CC(c3ccc(F)cc3)=NO2)c(C(=O)NC2CCCCC2)n1. The van der Waals surface area contributed by atoms with Gasteiger partial charge in [0.25, 0.3) is 11.8 Å². The number of amides is 2. The van der Waals surface area contributed by atoms with E-state index in [0.717, 1.165) is 25.7 Å². The third-order valence-electron chi connectivity index (χ3n) is 5.64. The summed E-state index contributed by atoms with van der Waals surface area (Å²) in [5, 5.41) is 14.1. The number of benzene rings is 1. The molecule has 1 atom stereocenters. The number of rotatable bonds is 6. The number of carbonyl (C=O) groups excluding carboxylic acids is 2. The Morgan fingerprint density at radius 3 is 2.65 bits per heavy atom. The molecule has 1 saturated carbocycles. The molecule has 9 heteroatoms. The van der Waals surface area contributed by atoms with Crippen molar-refractivity contribution in [2.24, 2.45) is 5.16 Å². The molecular weight excluding hydrogens is 401 g/mol. The number of carbonyl (C=O) groups is 2. The van der Waals surface area contributed by atoms with E-state index in [4.69, 9.17) is 4.84 Å². The molecule has 0 saturated heterocycles. The highest BCUT2D eigenvalue weighted by molar-refractivity contribution is 6.07. The molecule has 1 aliphatic heterocycles. The van der Waals surface area contributed by atoms with Gasteiger partial charge in [-0.2, -0.15) is 5.10 Å². The summed E-state index contributed by atoms with van der Waals surface area (Å²) in [5.41, 5.74) is 1.81. The van der Waals surface area contributed by atoms with Gasteiger partial charge >= 0.3 is 0 Å². The minimum absolute atomic E-state index is 0.140. The maximum Gasteiger partial charge on any atom is 0.274 e. The smallest absolute Gasteiger partial charge is 0.274 e. The Morgan fingerprint density at radius 1 is 1.19 bits per heavy atom. The molecule has 31 heavy (non-hydrogen) atoms. The predicted molar refractivity (Wildman–Crippen MR) is 113 cm³/mol. The molecule has 8 nitrogen and oxygen atoms in total. The molecule has 2 aliphatic rings. The van der Waals surface area contributed by atoms with Crippen LogP contribution in [0.2, 0.25) is 0 Å². The van der Waals surface area contributed by atoms with E-state index in [-0.39, 0.29) is 29.9 Å². The van der Waals surface area contributed by atoms with Gasteiger partial charge in [0.2, 0.25) is 6.10 Å². The number of hydrogen-bond acceptors (Lipinski definition) is 5. The second kappa shape index (κ2) is 9.28. The molecule has 164 valence electrons. The van der Waals surface area contributed by atoms with Gasteiger partial charge in [0.05, 0.1) is 11.4 Å². The normalized spacial score (nSPS) is 18.9. The quantitative estimate of drug-likeness (QED) is 0.740. The molecule has 0 bridgehead atoms. The summed E-state index contributed by atoms with van der Waals surface area (Å²) in [6.07, 6.45) is 6.39. The van der Waals surface area contributed by atoms with Crippen LogP contribution in [0.15, 0.2) is 35.6 Å². The van der Waals surface area contributed by atoms with E-state index < -0.39 is 12.0 Å². The van der Waals surface area contributed by atoms with Crippen LogP contribution in [0.3, 0.4) is 0 Å². The lowest BCUT2D eigenvalue weighted by Gasteiger charge is -2.22. The van der Waals surface area contributed by atoms with Gasteiger partial charge in [-0.3, -0.25) is 14.3 Å². The van der Waals surface area contributed by atoms with Crippen molar-refractivity contribution in [2.45, 2.75) is 64.1 Å². The van der Waals surface area contributed by atoms with Crippen molar-refractivity contribution in [1.29, 1.82) is 0 Å². The molecule has 1 aliphatic carbocycles. The Kier molecular flexibility index (Phi) is 6.29. The van der Waals surface area contributed by atoms with Gasteiger partial charge in [0, 0.05) is 25.2 Å². The van der Waals surface area contributed by atoms with Gasteiger partial charge < -0.3 is 15.5 Å². The van der Waals surface area contributed by atoms with Crippen LogP contribution in [0.25, 0.3) is 0 Å². The molecule has 2 heterocycles. The third kappa shape index (κ3) is 4.92. The number of aryl methyl sites for hydroxylation is 1. The lowest BCUT2D eigenvalue weighted by Crippen LogP contribution is -2.37. The van der Waals surface area contributed by atoms with Crippen LogP contribution in [-0.2, 0) is 16.2 Å². The molecule has 4 rings (SSSR count). The van der Waals surface area contributed by atoms with Crippen molar-refractivity contribution in [2.75, 3.05) is 5.32 Å². The van der Waals surface area contributed by atoms with E-state index in [9.17, 15) is 14.0 Å². The first kappa shape index (κ1) is 21.0. The largest absolute Gasteiger partial charge is 0.382 e. The number of anilines is 1. The van der Waals surface area contributed by atoms with Crippen molar-refractivity contribution in [3.63, 3.8) is 0 Å². The van der Waals surface area contributed by atoms with Gasteiger partial charge in [0.1, 0.15) is 5.82 Å². The number of hydrogen-bond donors (Lipinski definition) is 2. The highest BCUT2D eigenvalue weighted by atomic mass is 19.1. The number of oxime groups is 1. The summed E-state index contributed by atoms with van der Waals surface area (Å²) in [4.78, 5) is 30.9. The number of aromatic nitrogens is 2. The van der Waals surface area contributed by atoms with Crippen molar-refractivity contribution in [1.82, 2.24) is 15.1 Å². The van der Waals surface area contributed by atoms with Gasteiger partial charge in [-0.1, -0.05) is 36.6 Å². The number of halogens is 1. The second-order valence-corrected chi connectivity index (χ2v) is 7.89. The number of nitrogens with zero attached hydrogens (tertiary/aromatic N) is 3. The minimum Gasteiger partial charge on any atom is -0.382 e. The highest BCUT2D eigenvalue weighted by Gasteiger charge is 2.31. The predicted octanol–water partition coefficient (Wildman–Crippen LogP) is 3.24. The second-order valence-electron chi connectivity index (χ2n) is 7.89. The zero-order valence-electron chi connectivity index (χ0n) is 17.4.